The summed E-state index contributed by atoms with van der Waals surface area (Å²) in [5.41, 5.74) is -0.773. The maximum atomic E-state index is 12.7. The molecule has 4 heteroatoms. The smallest absolute Gasteiger partial charge is 0.248 e. The van der Waals surface area contributed by atoms with E-state index < -0.39 is 5.54 Å². The normalized spacial score (nSPS) is 23.1. The molecular formula is C17H32N2O2. The van der Waals surface area contributed by atoms with Gasteiger partial charge in [0.25, 0.3) is 0 Å². The molecule has 0 aromatic carbocycles. The fourth-order valence-corrected chi connectivity index (χ4v) is 2.98. The van der Waals surface area contributed by atoms with Crippen LogP contribution in [0.4, 0.5) is 0 Å². The van der Waals surface area contributed by atoms with Crippen LogP contribution in [0.1, 0.15) is 73.1 Å². The number of nitrogens with zero attached hydrogens (tertiary/aromatic N) is 1. The first-order chi connectivity index (χ1) is 9.85. The van der Waals surface area contributed by atoms with Gasteiger partial charge in [0.1, 0.15) is 11.6 Å². The van der Waals surface area contributed by atoms with Crippen molar-refractivity contribution in [2.24, 2.45) is 5.92 Å². The lowest BCUT2D eigenvalue weighted by Crippen LogP contribution is -2.69. The molecule has 0 aliphatic carbocycles. The first-order valence-electron chi connectivity index (χ1n) is 8.48. The fourth-order valence-electron chi connectivity index (χ4n) is 2.98. The minimum Gasteiger partial charge on any atom is -0.340 e. The summed E-state index contributed by atoms with van der Waals surface area (Å²) in [7, 11) is 0. The van der Waals surface area contributed by atoms with Gasteiger partial charge in [-0.15, -0.1) is 0 Å². The summed E-state index contributed by atoms with van der Waals surface area (Å²) in [6, 6.07) is -0.304. The number of carbonyl (C=O) groups excluding carboxylic acids is 2. The van der Waals surface area contributed by atoms with E-state index in [1.54, 1.807) is 13.8 Å². The van der Waals surface area contributed by atoms with Crippen LogP contribution >= 0.6 is 0 Å². The highest BCUT2D eigenvalue weighted by molar-refractivity contribution is 5.99. The minimum atomic E-state index is -0.773. The zero-order valence-corrected chi connectivity index (χ0v) is 14.4. The molecule has 1 aliphatic rings. The molecule has 1 saturated heterocycles. The van der Waals surface area contributed by atoms with E-state index in [9.17, 15) is 9.59 Å². The maximum absolute atomic E-state index is 12.7. The molecule has 1 N–H and O–H groups in total. The number of carbonyl (C=O) groups is 2. The number of unbranched alkanes of at least 4 members (excludes halogenated alkanes) is 4. The van der Waals surface area contributed by atoms with Crippen LogP contribution in [0.2, 0.25) is 0 Å². The van der Waals surface area contributed by atoms with Gasteiger partial charge in [0.2, 0.25) is 11.8 Å². The molecule has 1 rings (SSSR count). The molecule has 0 radical (unpaired) electrons. The van der Waals surface area contributed by atoms with E-state index in [0.29, 0.717) is 6.54 Å². The van der Waals surface area contributed by atoms with Crippen LogP contribution in [0.3, 0.4) is 0 Å². The molecule has 0 spiro atoms. The average molecular weight is 296 g/mol. The number of amides is 2. The Balaban J connectivity index is 2.75. The third kappa shape index (κ3) is 4.45. The lowest BCUT2D eigenvalue weighted by molar-refractivity contribution is -0.155. The van der Waals surface area contributed by atoms with Crippen LogP contribution in [0.25, 0.3) is 0 Å². The molecule has 1 aliphatic heterocycles. The monoisotopic (exact) mass is 296 g/mol. The van der Waals surface area contributed by atoms with Crippen molar-refractivity contribution in [3.8, 4) is 0 Å². The van der Waals surface area contributed by atoms with Gasteiger partial charge in [-0.25, -0.2) is 0 Å². The van der Waals surface area contributed by atoms with Crippen molar-refractivity contribution >= 4 is 11.8 Å². The summed E-state index contributed by atoms with van der Waals surface area (Å²) in [5.74, 6) is 0.256. The number of rotatable bonds is 8. The molecule has 0 aromatic rings. The number of piperazine rings is 1. The molecular weight excluding hydrogens is 264 g/mol. The van der Waals surface area contributed by atoms with Crippen LogP contribution in [0, 0.1) is 5.92 Å². The first kappa shape index (κ1) is 18.0. The molecule has 122 valence electrons. The first-order valence-corrected chi connectivity index (χ1v) is 8.48. The van der Waals surface area contributed by atoms with E-state index in [1.807, 2.05) is 4.90 Å². The Morgan fingerprint density at radius 3 is 2.33 bits per heavy atom. The van der Waals surface area contributed by atoms with Crippen molar-refractivity contribution in [1.82, 2.24) is 10.2 Å². The SMILES string of the molecule is CCCCCCCN1C(=O)C(C)(C)NC(=O)C1C(C)CC. The van der Waals surface area contributed by atoms with Crippen LogP contribution in [-0.2, 0) is 9.59 Å². The zero-order chi connectivity index (χ0) is 16.0. The average Bonchev–Trinajstić information content (AvgIpc) is 2.42. The van der Waals surface area contributed by atoms with Gasteiger partial charge in [-0.05, 0) is 26.2 Å². The van der Waals surface area contributed by atoms with Crippen molar-refractivity contribution in [3.05, 3.63) is 0 Å². The highest BCUT2D eigenvalue weighted by atomic mass is 16.2. The summed E-state index contributed by atoms with van der Waals surface area (Å²) in [6.07, 6.45) is 6.69. The quantitative estimate of drug-likeness (QED) is 0.700. The van der Waals surface area contributed by atoms with E-state index >= 15 is 0 Å². The molecule has 0 aromatic heterocycles. The predicted octanol–water partition coefficient (Wildman–Crippen LogP) is 3.11. The van der Waals surface area contributed by atoms with Crippen LogP contribution in [0.5, 0.6) is 0 Å². The Morgan fingerprint density at radius 1 is 1.14 bits per heavy atom. The molecule has 0 saturated carbocycles. The summed E-state index contributed by atoms with van der Waals surface area (Å²) >= 11 is 0. The second-order valence-corrected chi connectivity index (χ2v) is 6.86. The van der Waals surface area contributed by atoms with Crippen molar-refractivity contribution in [2.45, 2.75) is 84.7 Å². The van der Waals surface area contributed by atoms with Crippen LogP contribution < -0.4 is 5.32 Å². The molecule has 1 fully saturated rings. The largest absolute Gasteiger partial charge is 0.340 e. The van der Waals surface area contributed by atoms with Gasteiger partial charge >= 0.3 is 0 Å². The second kappa shape index (κ2) is 7.81. The zero-order valence-electron chi connectivity index (χ0n) is 14.4. The van der Waals surface area contributed by atoms with Crippen molar-refractivity contribution < 1.29 is 9.59 Å². The molecule has 0 bridgehead atoms. The van der Waals surface area contributed by atoms with Gasteiger partial charge in [-0.1, -0.05) is 52.9 Å². The summed E-state index contributed by atoms with van der Waals surface area (Å²) < 4.78 is 0. The predicted molar refractivity (Wildman–Crippen MR) is 85.9 cm³/mol. The van der Waals surface area contributed by atoms with Crippen LogP contribution in [-0.4, -0.2) is 34.8 Å². The molecule has 21 heavy (non-hydrogen) atoms. The Bertz CT molecular complexity index is 366. The van der Waals surface area contributed by atoms with E-state index in [4.69, 9.17) is 0 Å². The third-order valence-corrected chi connectivity index (χ3v) is 4.52. The van der Waals surface area contributed by atoms with E-state index in [1.165, 1.54) is 19.3 Å². The number of hydrogen-bond acceptors (Lipinski definition) is 2. The molecule has 2 atom stereocenters. The van der Waals surface area contributed by atoms with E-state index in [-0.39, 0.29) is 23.8 Å². The highest BCUT2D eigenvalue weighted by Gasteiger charge is 2.46. The molecule has 2 unspecified atom stereocenters. The lowest BCUT2D eigenvalue weighted by Gasteiger charge is -2.45. The third-order valence-electron chi connectivity index (χ3n) is 4.52. The molecule has 1 heterocycles. The van der Waals surface area contributed by atoms with E-state index in [2.05, 4.69) is 26.1 Å². The van der Waals surface area contributed by atoms with Crippen LogP contribution in [0.15, 0.2) is 0 Å². The number of hydrogen-bond donors (Lipinski definition) is 1. The maximum Gasteiger partial charge on any atom is 0.248 e. The minimum absolute atomic E-state index is 0.00232. The van der Waals surface area contributed by atoms with Crippen molar-refractivity contribution in [2.75, 3.05) is 6.54 Å². The standard InChI is InChI=1S/C17H32N2O2/c1-6-8-9-10-11-12-19-14(13(3)7-2)15(20)18-17(4,5)16(19)21/h13-14H,6-12H2,1-5H3,(H,18,20). The Morgan fingerprint density at radius 2 is 1.76 bits per heavy atom. The Kier molecular flexibility index (Phi) is 6.69. The Hall–Kier alpha value is -1.06. The fraction of sp³-hybridized carbons (Fsp3) is 0.882. The summed E-state index contributed by atoms with van der Waals surface area (Å²) in [5, 5.41) is 2.88. The molecule has 2 amide bonds. The van der Waals surface area contributed by atoms with Crippen molar-refractivity contribution in [1.29, 1.82) is 0 Å². The van der Waals surface area contributed by atoms with Crippen molar-refractivity contribution in [3.63, 3.8) is 0 Å². The van der Waals surface area contributed by atoms with Gasteiger partial charge in [0, 0.05) is 6.54 Å². The van der Waals surface area contributed by atoms with Gasteiger partial charge in [0.15, 0.2) is 0 Å². The topological polar surface area (TPSA) is 49.4 Å². The Labute approximate surface area is 129 Å². The van der Waals surface area contributed by atoms with Gasteiger partial charge in [-0.3, -0.25) is 9.59 Å². The van der Waals surface area contributed by atoms with Gasteiger partial charge in [0.05, 0.1) is 0 Å². The summed E-state index contributed by atoms with van der Waals surface area (Å²) in [4.78, 5) is 26.9. The lowest BCUT2D eigenvalue weighted by atomic mass is 9.89. The number of nitrogens with one attached hydrogen (secondary N) is 1. The highest BCUT2D eigenvalue weighted by Crippen LogP contribution is 2.25. The summed E-state index contributed by atoms with van der Waals surface area (Å²) in [6.45, 7) is 10.6. The molecule has 4 nitrogen and oxygen atoms in total. The van der Waals surface area contributed by atoms with Gasteiger partial charge in [-0.2, -0.15) is 0 Å². The van der Waals surface area contributed by atoms with E-state index in [0.717, 1.165) is 19.3 Å². The second-order valence-electron chi connectivity index (χ2n) is 6.86. The van der Waals surface area contributed by atoms with Gasteiger partial charge < -0.3 is 10.2 Å².